The molecule has 2 aliphatic rings. The van der Waals surface area contributed by atoms with E-state index in [-0.39, 0.29) is 30.3 Å². The highest BCUT2D eigenvalue weighted by Gasteiger charge is 2.42. The van der Waals surface area contributed by atoms with Crippen molar-refractivity contribution in [2.45, 2.75) is 19.0 Å². The summed E-state index contributed by atoms with van der Waals surface area (Å²) in [4.78, 5) is 40.5. The second-order valence-electron chi connectivity index (χ2n) is 7.40. The zero-order chi connectivity index (χ0) is 21.1. The standard InChI is InChI=1S/C22H22ClN3O3S/c23-18-7-3-15(4-8-18)9-10-24-21(28)17-5-1-16(2-6-17)11-25-12-20(27)26-14-30-13-19(26)22(25)29/h1-8,19H,9-14H2,(H,24,28)/t19-/m1/s1. The predicted molar refractivity (Wildman–Crippen MR) is 117 cm³/mol. The summed E-state index contributed by atoms with van der Waals surface area (Å²) in [5.41, 5.74) is 2.57. The van der Waals surface area contributed by atoms with Crippen LogP contribution in [-0.2, 0) is 22.6 Å². The van der Waals surface area contributed by atoms with Crippen molar-refractivity contribution >= 4 is 41.1 Å². The molecule has 0 bridgehead atoms. The Bertz CT molecular complexity index is 949. The Morgan fingerprint density at radius 2 is 1.77 bits per heavy atom. The van der Waals surface area contributed by atoms with Crippen molar-refractivity contribution in [2.24, 2.45) is 0 Å². The maximum Gasteiger partial charge on any atom is 0.251 e. The fourth-order valence-electron chi connectivity index (χ4n) is 3.63. The van der Waals surface area contributed by atoms with E-state index in [1.807, 2.05) is 36.4 Å². The van der Waals surface area contributed by atoms with Crippen LogP contribution in [0.4, 0.5) is 0 Å². The number of amides is 3. The van der Waals surface area contributed by atoms with Crippen LogP contribution in [-0.4, -0.2) is 58.3 Å². The van der Waals surface area contributed by atoms with Gasteiger partial charge < -0.3 is 15.1 Å². The molecule has 2 heterocycles. The van der Waals surface area contributed by atoms with Crippen molar-refractivity contribution in [3.8, 4) is 0 Å². The molecule has 0 unspecified atom stereocenters. The van der Waals surface area contributed by atoms with Gasteiger partial charge in [0.05, 0.1) is 5.88 Å². The molecule has 6 nitrogen and oxygen atoms in total. The minimum Gasteiger partial charge on any atom is -0.352 e. The first-order valence-electron chi connectivity index (χ1n) is 9.79. The summed E-state index contributed by atoms with van der Waals surface area (Å²) >= 11 is 7.49. The van der Waals surface area contributed by atoms with Crippen molar-refractivity contribution in [3.05, 3.63) is 70.2 Å². The van der Waals surface area contributed by atoms with Gasteiger partial charge in [-0.2, -0.15) is 0 Å². The van der Waals surface area contributed by atoms with Gasteiger partial charge in [0.15, 0.2) is 0 Å². The second-order valence-corrected chi connectivity index (χ2v) is 8.84. The Labute approximate surface area is 184 Å². The van der Waals surface area contributed by atoms with E-state index in [1.165, 1.54) is 0 Å². The molecule has 0 aromatic heterocycles. The molecule has 0 aliphatic carbocycles. The van der Waals surface area contributed by atoms with Gasteiger partial charge in [0.1, 0.15) is 12.6 Å². The van der Waals surface area contributed by atoms with Crippen molar-refractivity contribution in [3.63, 3.8) is 0 Å². The van der Waals surface area contributed by atoms with Crippen LogP contribution >= 0.6 is 23.4 Å². The summed E-state index contributed by atoms with van der Waals surface area (Å²) < 4.78 is 0. The van der Waals surface area contributed by atoms with Crippen LogP contribution in [0.25, 0.3) is 0 Å². The Hall–Kier alpha value is -2.51. The van der Waals surface area contributed by atoms with Gasteiger partial charge in [-0.15, -0.1) is 11.8 Å². The molecule has 2 fully saturated rings. The average molecular weight is 444 g/mol. The highest BCUT2D eigenvalue weighted by atomic mass is 35.5. The molecule has 8 heteroatoms. The number of thioether (sulfide) groups is 1. The molecule has 1 N–H and O–H groups in total. The lowest BCUT2D eigenvalue weighted by atomic mass is 10.1. The summed E-state index contributed by atoms with van der Waals surface area (Å²) in [6, 6.07) is 14.4. The highest BCUT2D eigenvalue weighted by Crippen LogP contribution is 2.26. The van der Waals surface area contributed by atoms with E-state index in [0.717, 1.165) is 17.5 Å². The minimum absolute atomic E-state index is 0.00119. The number of carbonyl (C=O) groups is 3. The quantitative estimate of drug-likeness (QED) is 0.745. The number of rotatable bonds is 6. The Morgan fingerprint density at radius 3 is 2.50 bits per heavy atom. The van der Waals surface area contributed by atoms with E-state index < -0.39 is 0 Å². The third kappa shape index (κ3) is 4.63. The average Bonchev–Trinajstić information content (AvgIpc) is 3.25. The van der Waals surface area contributed by atoms with E-state index in [9.17, 15) is 14.4 Å². The van der Waals surface area contributed by atoms with Crippen molar-refractivity contribution in [1.82, 2.24) is 15.1 Å². The molecular formula is C22H22ClN3O3S. The maximum atomic E-state index is 12.6. The first-order chi connectivity index (χ1) is 14.5. The predicted octanol–water partition coefficient (Wildman–Crippen LogP) is 2.56. The number of hydrogen-bond donors (Lipinski definition) is 1. The number of nitrogens with zero attached hydrogens (tertiary/aromatic N) is 2. The van der Waals surface area contributed by atoms with Crippen LogP contribution in [0.3, 0.4) is 0 Å². The summed E-state index contributed by atoms with van der Waals surface area (Å²) in [7, 11) is 0. The number of carbonyl (C=O) groups excluding carboxylic acids is 3. The van der Waals surface area contributed by atoms with Gasteiger partial charge in [-0.1, -0.05) is 35.9 Å². The van der Waals surface area contributed by atoms with Crippen LogP contribution in [0.1, 0.15) is 21.5 Å². The third-order valence-corrected chi connectivity index (χ3v) is 6.59. The highest BCUT2D eigenvalue weighted by molar-refractivity contribution is 7.99. The lowest BCUT2D eigenvalue weighted by Gasteiger charge is -2.35. The van der Waals surface area contributed by atoms with E-state index in [4.69, 9.17) is 11.6 Å². The van der Waals surface area contributed by atoms with Crippen molar-refractivity contribution < 1.29 is 14.4 Å². The van der Waals surface area contributed by atoms with Gasteiger partial charge in [0, 0.05) is 29.4 Å². The van der Waals surface area contributed by atoms with Crippen LogP contribution in [0.2, 0.25) is 5.02 Å². The van der Waals surface area contributed by atoms with Gasteiger partial charge in [0.2, 0.25) is 11.8 Å². The van der Waals surface area contributed by atoms with Crippen molar-refractivity contribution in [1.29, 1.82) is 0 Å². The molecular weight excluding hydrogens is 422 g/mol. The molecule has 30 heavy (non-hydrogen) atoms. The SMILES string of the molecule is O=C(NCCc1ccc(Cl)cc1)c1ccc(CN2CC(=O)N3CSC[C@@H]3C2=O)cc1. The van der Waals surface area contributed by atoms with Gasteiger partial charge in [-0.25, -0.2) is 0 Å². The summed E-state index contributed by atoms with van der Waals surface area (Å²) in [6.45, 7) is 1.02. The van der Waals surface area contributed by atoms with Gasteiger partial charge in [-0.3, -0.25) is 14.4 Å². The smallest absolute Gasteiger partial charge is 0.251 e. The molecule has 3 amide bonds. The molecule has 2 aromatic rings. The van der Waals surface area contributed by atoms with Crippen LogP contribution < -0.4 is 5.32 Å². The van der Waals surface area contributed by atoms with Gasteiger partial charge in [-0.05, 0) is 41.8 Å². The monoisotopic (exact) mass is 443 g/mol. The van der Waals surface area contributed by atoms with E-state index in [0.29, 0.717) is 35.3 Å². The normalized spacial score (nSPS) is 18.5. The third-order valence-electron chi connectivity index (χ3n) is 5.33. The largest absolute Gasteiger partial charge is 0.352 e. The lowest BCUT2D eigenvalue weighted by molar-refractivity contribution is -0.153. The molecule has 2 saturated heterocycles. The Kier molecular flexibility index (Phi) is 6.29. The molecule has 0 radical (unpaired) electrons. The minimum atomic E-state index is -0.332. The molecule has 4 rings (SSSR count). The Morgan fingerprint density at radius 1 is 1.07 bits per heavy atom. The van der Waals surface area contributed by atoms with E-state index >= 15 is 0 Å². The second kappa shape index (κ2) is 9.10. The first kappa shape index (κ1) is 20.8. The fraction of sp³-hybridized carbons (Fsp3) is 0.318. The summed E-state index contributed by atoms with van der Waals surface area (Å²) in [5.74, 6) is 1.13. The molecule has 2 aliphatic heterocycles. The number of nitrogens with one attached hydrogen (secondary N) is 1. The van der Waals surface area contributed by atoms with E-state index in [1.54, 1.807) is 33.7 Å². The molecule has 0 spiro atoms. The number of fused-ring (bicyclic) bond motifs is 1. The number of hydrogen-bond acceptors (Lipinski definition) is 4. The van der Waals surface area contributed by atoms with Crippen molar-refractivity contribution in [2.75, 3.05) is 24.7 Å². The van der Waals surface area contributed by atoms with E-state index in [2.05, 4.69) is 5.32 Å². The number of piperazine rings is 1. The lowest BCUT2D eigenvalue weighted by Crippen LogP contribution is -2.57. The first-order valence-corrected chi connectivity index (χ1v) is 11.3. The summed E-state index contributed by atoms with van der Waals surface area (Å²) in [6.07, 6.45) is 0.725. The van der Waals surface area contributed by atoms with Crippen LogP contribution in [0, 0.1) is 0 Å². The number of benzene rings is 2. The summed E-state index contributed by atoms with van der Waals surface area (Å²) in [5, 5.41) is 3.60. The van der Waals surface area contributed by atoms with Crippen LogP contribution in [0.5, 0.6) is 0 Å². The maximum absolute atomic E-state index is 12.6. The number of halogens is 1. The van der Waals surface area contributed by atoms with Gasteiger partial charge >= 0.3 is 0 Å². The molecule has 0 saturated carbocycles. The topological polar surface area (TPSA) is 69.7 Å². The van der Waals surface area contributed by atoms with Gasteiger partial charge in [0.25, 0.3) is 5.91 Å². The Balaban J connectivity index is 1.30. The zero-order valence-corrected chi connectivity index (χ0v) is 17.9. The zero-order valence-electron chi connectivity index (χ0n) is 16.3. The molecule has 156 valence electrons. The molecule has 1 atom stereocenters. The fourth-order valence-corrected chi connectivity index (χ4v) is 4.92. The van der Waals surface area contributed by atoms with Crippen LogP contribution in [0.15, 0.2) is 48.5 Å². The molecule has 2 aromatic carbocycles.